The van der Waals surface area contributed by atoms with Gasteiger partial charge in [0.05, 0.1) is 11.0 Å². The summed E-state index contributed by atoms with van der Waals surface area (Å²) in [6, 6.07) is 24.8. The van der Waals surface area contributed by atoms with Crippen LogP contribution in [0.1, 0.15) is 17.2 Å². The minimum Gasteiger partial charge on any atom is -0.359 e. The number of amides is 1. The number of ether oxygens (including phenoxy) is 1. The first-order valence-electron chi connectivity index (χ1n) is 8.92. The Balaban J connectivity index is 1.47. The fourth-order valence-corrected chi connectivity index (χ4v) is 3.11. The number of rotatable bonds is 6. The summed E-state index contributed by atoms with van der Waals surface area (Å²) >= 11 is 0. The molecule has 0 bridgehead atoms. The Hall–Kier alpha value is -3.64. The van der Waals surface area contributed by atoms with Crippen molar-refractivity contribution < 1.29 is 9.53 Å². The van der Waals surface area contributed by atoms with E-state index in [0.29, 0.717) is 16.7 Å². The van der Waals surface area contributed by atoms with Crippen molar-refractivity contribution in [3.05, 3.63) is 100 Å². The Bertz CT molecular complexity index is 1090. The highest BCUT2D eigenvalue weighted by Gasteiger charge is 2.16. The summed E-state index contributed by atoms with van der Waals surface area (Å²) in [7, 11) is 0. The van der Waals surface area contributed by atoms with Gasteiger partial charge in [-0.05, 0) is 29.3 Å². The third-order valence-electron chi connectivity index (χ3n) is 4.39. The number of aromatic amines is 2. The Morgan fingerprint density at radius 2 is 1.46 bits per heavy atom. The summed E-state index contributed by atoms with van der Waals surface area (Å²) in [4.78, 5) is 29.1. The standard InChI is InChI=1S/C22H19N3O3/c26-20(23-17-11-12-18-19(13-17)25-22(27)24-18)14-28-21(15-7-3-1-4-8-15)16-9-5-2-6-10-16/h1-13,21H,14H2,(H,23,26)(H2,24,25,27). The molecule has 0 unspecified atom stereocenters. The number of carbonyl (C=O) groups excluding carboxylic acids is 1. The van der Waals surface area contributed by atoms with E-state index in [1.165, 1.54) is 0 Å². The molecule has 0 aliphatic rings. The van der Waals surface area contributed by atoms with E-state index < -0.39 is 0 Å². The van der Waals surface area contributed by atoms with Gasteiger partial charge in [0.1, 0.15) is 12.7 Å². The predicted octanol–water partition coefficient (Wildman–Crippen LogP) is 3.60. The van der Waals surface area contributed by atoms with E-state index in [2.05, 4.69) is 15.3 Å². The predicted molar refractivity (Wildman–Crippen MR) is 108 cm³/mol. The molecule has 1 aromatic heterocycles. The van der Waals surface area contributed by atoms with Crippen molar-refractivity contribution in [1.29, 1.82) is 0 Å². The number of hydrogen-bond acceptors (Lipinski definition) is 3. The van der Waals surface area contributed by atoms with E-state index in [-0.39, 0.29) is 24.3 Å². The van der Waals surface area contributed by atoms with Crippen molar-refractivity contribution in [3.8, 4) is 0 Å². The first-order chi connectivity index (χ1) is 13.7. The van der Waals surface area contributed by atoms with E-state index >= 15 is 0 Å². The highest BCUT2D eigenvalue weighted by Crippen LogP contribution is 2.25. The maximum absolute atomic E-state index is 12.4. The SMILES string of the molecule is O=C(COC(c1ccccc1)c1ccccc1)Nc1ccc2[nH]c(=O)[nH]c2c1. The lowest BCUT2D eigenvalue weighted by Crippen LogP contribution is -2.20. The minimum absolute atomic E-state index is 0.101. The molecule has 4 rings (SSSR count). The van der Waals surface area contributed by atoms with Crippen LogP contribution in [0.25, 0.3) is 11.0 Å². The number of fused-ring (bicyclic) bond motifs is 1. The molecule has 28 heavy (non-hydrogen) atoms. The van der Waals surface area contributed by atoms with Crippen LogP contribution in [0.5, 0.6) is 0 Å². The maximum atomic E-state index is 12.4. The van der Waals surface area contributed by atoms with Gasteiger partial charge < -0.3 is 20.0 Å². The Kier molecular flexibility index (Phi) is 5.03. The number of hydrogen-bond donors (Lipinski definition) is 3. The van der Waals surface area contributed by atoms with Crippen LogP contribution in [-0.2, 0) is 9.53 Å². The number of anilines is 1. The average Bonchev–Trinajstić information content (AvgIpc) is 3.09. The van der Waals surface area contributed by atoms with Crippen LogP contribution in [-0.4, -0.2) is 22.5 Å². The van der Waals surface area contributed by atoms with Crippen LogP contribution >= 0.6 is 0 Å². The van der Waals surface area contributed by atoms with E-state index in [0.717, 1.165) is 11.1 Å². The van der Waals surface area contributed by atoms with Crippen molar-refractivity contribution in [1.82, 2.24) is 9.97 Å². The monoisotopic (exact) mass is 373 g/mol. The molecule has 6 heteroatoms. The zero-order chi connectivity index (χ0) is 19.3. The lowest BCUT2D eigenvalue weighted by molar-refractivity contribution is -0.121. The molecular formula is C22H19N3O3. The molecule has 1 heterocycles. The second-order valence-corrected chi connectivity index (χ2v) is 6.40. The smallest absolute Gasteiger partial charge is 0.323 e. The second-order valence-electron chi connectivity index (χ2n) is 6.40. The molecule has 4 aromatic rings. The van der Waals surface area contributed by atoms with Gasteiger partial charge in [-0.1, -0.05) is 60.7 Å². The van der Waals surface area contributed by atoms with E-state index in [1.54, 1.807) is 18.2 Å². The molecule has 0 aliphatic heterocycles. The molecule has 0 spiro atoms. The van der Waals surface area contributed by atoms with Gasteiger partial charge in [-0.2, -0.15) is 0 Å². The van der Waals surface area contributed by atoms with Crippen molar-refractivity contribution >= 4 is 22.6 Å². The molecular weight excluding hydrogens is 354 g/mol. The van der Waals surface area contributed by atoms with Gasteiger partial charge in [-0.3, -0.25) is 4.79 Å². The summed E-state index contributed by atoms with van der Waals surface area (Å²) in [5, 5.41) is 2.80. The van der Waals surface area contributed by atoms with Crippen molar-refractivity contribution in [3.63, 3.8) is 0 Å². The van der Waals surface area contributed by atoms with E-state index in [1.807, 2.05) is 60.7 Å². The van der Waals surface area contributed by atoms with E-state index in [9.17, 15) is 9.59 Å². The lowest BCUT2D eigenvalue weighted by Gasteiger charge is -2.19. The van der Waals surface area contributed by atoms with Crippen molar-refractivity contribution in [2.24, 2.45) is 0 Å². The average molecular weight is 373 g/mol. The molecule has 0 saturated carbocycles. The lowest BCUT2D eigenvalue weighted by atomic mass is 10.0. The second kappa shape index (κ2) is 7.94. The highest BCUT2D eigenvalue weighted by molar-refractivity contribution is 5.93. The normalized spacial score (nSPS) is 11.0. The van der Waals surface area contributed by atoms with Gasteiger partial charge >= 0.3 is 5.69 Å². The number of aromatic nitrogens is 2. The van der Waals surface area contributed by atoms with E-state index in [4.69, 9.17) is 4.74 Å². The molecule has 3 N–H and O–H groups in total. The van der Waals surface area contributed by atoms with Crippen LogP contribution in [0.3, 0.4) is 0 Å². The van der Waals surface area contributed by atoms with Gasteiger partial charge in [-0.25, -0.2) is 4.79 Å². The topological polar surface area (TPSA) is 87.0 Å². The van der Waals surface area contributed by atoms with Crippen LogP contribution in [0.4, 0.5) is 5.69 Å². The number of imidazole rings is 1. The molecule has 0 radical (unpaired) electrons. The highest BCUT2D eigenvalue weighted by atomic mass is 16.5. The third-order valence-corrected chi connectivity index (χ3v) is 4.39. The van der Waals surface area contributed by atoms with Gasteiger partial charge in [0.25, 0.3) is 0 Å². The zero-order valence-electron chi connectivity index (χ0n) is 15.0. The molecule has 1 amide bonds. The third kappa shape index (κ3) is 4.02. The summed E-state index contributed by atoms with van der Waals surface area (Å²) in [5.41, 5.74) is 3.59. The minimum atomic E-state index is -0.336. The van der Waals surface area contributed by atoms with Crippen LogP contribution in [0.15, 0.2) is 83.7 Å². The molecule has 0 atom stereocenters. The fraction of sp³-hybridized carbons (Fsp3) is 0.0909. The fourth-order valence-electron chi connectivity index (χ4n) is 3.11. The Labute approximate surface area is 161 Å². The number of benzene rings is 3. The first-order valence-corrected chi connectivity index (χ1v) is 8.92. The van der Waals surface area contributed by atoms with Crippen LogP contribution in [0.2, 0.25) is 0 Å². The number of carbonyl (C=O) groups is 1. The number of nitrogens with one attached hydrogen (secondary N) is 3. The zero-order valence-corrected chi connectivity index (χ0v) is 15.0. The summed E-state index contributed by atoms with van der Waals surface area (Å²) in [6.45, 7) is -0.101. The molecule has 0 fully saturated rings. The largest absolute Gasteiger partial charge is 0.359 e. The maximum Gasteiger partial charge on any atom is 0.323 e. The van der Waals surface area contributed by atoms with Gasteiger partial charge in [0.2, 0.25) is 5.91 Å². The summed E-state index contributed by atoms with van der Waals surface area (Å²) in [6.07, 6.45) is -0.336. The Morgan fingerprint density at radius 1 is 0.857 bits per heavy atom. The Morgan fingerprint density at radius 3 is 2.11 bits per heavy atom. The summed E-state index contributed by atoms with van der Waals surface area (Å²) in [5.74, 6) is -0.269. The number of H-pyrrole nitrogens is 2. The molecule has 0 aliphatic carbocycles. The van der Waals surface area contributed by atoms with Crippen LogP contribution < -0.4 is 11.0 Å². The van der Waals surface area contributed by atoms with Crippen molar-refractivity contribution in [2.45, 2.75) is 6.10 Å². The van der Waals surface area contributed by atoms with Crippen LogP contribution in [0, 0.1) is 0 Å². The molecule has 6 nitrogen and oxygen atoms in total. The van der Waals surface area contributed by atoms with Crippen molar-refractivity contribution in [2.75, 3.05) is 11.9 Å². The van der Waals surface area contributed by atoms with Gasteiger partial charge in [0, 0.05) is 5.69 Å². The van der Waals surface area contributed by atoms with Gasteiger partial charge in [0.15, 0.2) is 0 Å². The molecule has 0 saturated heterocycles. The quantitative estimate of drug-likeness (QED) is 0.483. The first kappa shape index (κ1) is 17.8. The van der Waals surface area contributed by atoms with Gasteiger partial charge in [-0.15, -0.1) is 0 Å². The summed E-state index contributed by atoms with van der Waals surface area (Å²) < 4.78 is 5.96. The molecule has 3 aromatic carbocycles. The molecule has 140 valence electrons.